The Morgan fingerprint density at radius 1 is 1.04 bits per heavy atom. The summed E-state index contributed by atoms with van der Waals surface area (Å²) in [5.41, 5.74) is 4.64. The Labute approximate surface area is 143 Å². The van der Waals surface area contributed by atoms with Gasteiger partial charge >= 0.3 is 0 Å². The van der Waals surface area contributed by atoms with Gasteiger partial charge in [0.1, 0.15) is 12.4 Å². The van der Waals surface area contributed by atoms with Gasteiger partial charge in [-0.25, -0.2) is 0 Å². The highest BCUT2D eigenvalue weighted by atomic mass is 35.5. The zero-order valence-corrected chi connectivity index (χ0v) is 14.3. The summed E-state index contributed by atoms with van der Waals surface area (Å²) < 4.78 is 5.67. The van der Waals surface area contributed by atoms with Crippen LogP contribution >= 0.6 is 12.4 Å². The quantitative estimate of drug-likeness (QED) is 0.617. The molecule has 0 aromatic heterocycles. The molecular formula is C19H22ClNO2. The monoisotopic (exact) mass is 331 g/mol. The first-order chi connectivity index (χ1) is 10.5. The number of para-hydroxylation sites is 1. The van der Waals surface area contributed by atoms with Crippen LogP contribution < -0.4 is 4.74 Å². The Bertz CT molecular complexity index is 655. The highest BCUT2D eigenvalue weighted by Crippen LogP contribution is 2.36. The molecule has 1 heterocycles. The van der Waals surface area contributed by atoms with Crippen molar-refractivity contribution in [3.05, 3.63) is 76.5 Å². The van der Waals surface area contributed by atoms with E-state index in [2.05, 4.69) is 24.3 Å². The predicted octanol–water partition coefficient (Wildman–Crippen LogP) is 4.40. The van der Waals surface area contributed by atoms with E-state index in [-0.39, 0.29) is 17.1 Å². The molecule has 0 bridgehead atoms. The van der Waals surface area contributed by atoms with Gasteiger partial charge in [0, 0.05) is 12.0 Å². The summed E-state index contributed by atoms with van der Waals surface area (Å²) in [7, 11) is 3.35. The van der Waals surface area contributed by atoms with Gasteiger partial charge in [-0.05, 0) is 22.8 Å². The number of hydroxylamine groups is 3. The molecule has 0 atom stereocenters. The fourth-order valence-electron chi connectivity index (χ4n) is 2.76. The van der Waals surface area contributed by atoms with Gasteiger partial charge in [0.15, 0.2) is 0 Å². The lowest BCUT2D eigenvalue weighted by Crippen LogP contribution is -2.32. The van der Waals surface area contributed by atoms with E-state index >= 15 is 0 Å². The molecule has 0 saturated heterocycles. The molecule has 3 rings (SSSR count). The van der Waals surface area contributed by atoms with Crippen LogP contribution in [0.25, 0.3) is 5.57 Å². The van der Waals surface area contributed by atoms with Crippen molar-refractivity contribution in [2.45, 2.75) is 13.0 Å². The maximum atomic E-state index is 11.8. The van der Waals surface area contributed by atoms with Gasteiger partial charge in [-0.3, -0.25) is 0 Å². The van der Waals surface area contributed by atoms with E-state index < -0.39 is 0 Å². The van der Waals surface area contributed by atoms with E-state index in [9.17, 15) is 5.21 Å². The third-order valence-corrected chi connectivity index (χ3v) is 3.88. The molecule has 0 saturated carbocycles. The second kappa shape index (κ2) is 7.18. The number of quaternary nitrogens is 1. The molecule has 0 aliphatic carbocycles. The molecule has 122 valence electrons. The molecular weight excluding hydrogens is 310 g/mol. The van der Waals surface area contributed by atoms with Crippen LogP contribution in [0.15, 0.2) is 54.6 Å². The Morgan fingerprint density at radius 2 is 1.70 bits per heavy atom. The minimum Gasteiger partial charge on any atom is -0.633 e. The number of hydrogen-bond acceptors (Lipinski definition) is 2. The number of ether oxygens (including phenoxy) is 1. The number of hydrogen-bond donors (Lipinski definition) is 0. The molecule has 0 N–H and O–H groups in total. The third-order valence-electron chi connectivity index (χ3n) is 3.88. The van der Waals surface area contributed by atoms with Crippen LogP contribution in [0.1, 0.15) is 23.1 Å². The Balaban J connectivity index is 0.00000192. The summed E-state index contributed by atoms with van der Waals surface area (Å²) in [6.45, 7) is 1.14. The van der Waals surface area contributed by atoms with Crippen molar-refractivity contribution < 1.29 is 9.38 Å². The summed E-state index contributed by atoms with van der Waals surface area (Å²) in [6.07, 6.45) is 2.92. The van der Waals surface area contributed by atoms with Gasteiger partial charge in [-0.2, -0.15) is 0 Å². The topological polar surface area (TPSA) is 32.3 Å². The number of nitrogens with zero attached hydrogens (tertiary/aromatic N) is 1. The summed E-state index contributed by atoms with van der Waals surface area (Å²) in [5, 5.41) is 11.8. The van der Waals surface area contributed by atoms with Gasteiger partial charge < -0.3 is 14.6 Å². The zero-order valence-electron chi connectivity index (χ0n) is 13.5. The van der Waals surface area contributed by atoms with Crippen LogP contribution in [0.2, 0.25) is 0 Å². The summed E-state index contributed by atoms with van der Waals surface area (Å²) in [5.74, 6) is 0.904. The fourth-order valence-corrected chi connectivity index (χ4v) is 2.76. The molecule has 3 nitrogen and oxygen atoms in total. The summed E-state index contributed by atoms with van der Waals surface area (Å²) >= 11 is 0. The maximum absolute atomic E-state index is 11.8. The second-order valence-electron chi connectivity index (χ2n) is 6.15. The first kappa shape index (κ1) is 17.5. The van der Waals surface area contributed by atoms with Crippen LogP contribution in [-0.2, 0) is 6.61 Å². The molecule has 0 unspecified atom stereocenters. The Morgan fingerprint density at radius 3 is 2.43 bits per heavy atom. The first-order valence-electron chi connectivity index (χ1n) is 7.59. The minimum absolute atomic E-state index is 0. The zero-order chi connectivity index (χ0) is 15.6. The smallest absolute Gasteiger partial charge is 0.127 e. The second-order valence-corrected chi connectivity index (χ2v) is 6.15. The van der Waals surface area contributed by atoms with Crippen molar-refractivity contribution in [3.63, 3.8) is 0 Å². The average Bonchev–Trinajstić information content (AvgIpc) is 2.64. The number of halogens is 1. The highest BCUT2D eigenvalue weighted by Gasteiger charge is 2.18. The SMILES string of the molecule is C[N+](C)([O-])CC/C=C1\c2ccccc2COc2ccccc21.Cl. The largest absolute Gasteiger partial charge is 0.633 e. The summed E-state index contributed by atoms with van der Waals surface area (Å²) in [6, 6.07) is 16.4. The third kappa shape index (κ3) is 4.14. The lowest BCUT2D eigenvalue weighted by atomic mass is 9.93. The number of rotatable bonds is 3. The van der Waals surface area contributed by atoms with E-state index in [1.807, 2.05) is 30.3 Å². The van der Waals surface area contributed by atoms with Crippen molar-refractivity contribution in [1.82, 2.24) is 0 Å². The van der Waals surface area contributed by atoms with Crippen LogP contribution in [0.4, 0.5) is 0 Å². The molecule has 2 aromatic carbocycles. The molecule has 23 heavy (non-hydrogen) atoms. The van der Waals surface area contributed by atoms with Crippen molar-refractivity contribution >= 4 is 18.0 Å². The fraction of sp³-hybridized carbons (Fsp3) is 0.263. The van der Waals surface area contributed by atoms with Crippen molar-refractivity contribution in [2.24, 2.45) is 0 Å². The van der Waals surface area contributed by atoms with Crippen LogP contribution in [0.3, 0.4) is 0 Å². The molecule has 0 fully saturated rings. The van der Waals surface area contributed by atoms with Crippen molar-refractivity contribution in [2.75, 3.05) is 20.6 Å². The molecule has 0 amide bonds. The lowest BCUT2D eigenvalue weighted by Gasteiger charge is -2.33. The van der Waals surface area contributed by atoms with Crippen LogP contribution in [0, 0.1) is 5.21 Å². The van der Waals surface area contributed by atoms with Crippen molar-refractivity contribution in [1.29, 1.82) is 0 Å². The van der Waals surface area contributed by atoms with Gasteiger partial charge in [0.25, 0.3) is 0 Å². The molecule has 0 spiro atoms. The lowest BCUT2D eigenvalue weighted by molar-refractivity contribution is -0.839. The molecule has 1 aliphatic heterocycles. The van der Waals surface area contributed by atoms with E-state index in [0.29, 0.717) is 13.2 Å². The predicted molar refractivity (Wildman–Crippen MR) is 96.5 cm³/mol. The van der Waals surface area contributed by atoms with E-state index in [1.54, 1.807) is 14.1 Å². The average molecular weight is 332 g/mol. The van der Waals surface area contributed by atoms with E-state index in [4.69, 9.17) is 4.74 Å². The van der Waals surface area contributed by atoms with E-state index in [1.165, 1.54) is 11.1 Å². The number of fused-ring (bicyclic) bond motifs is 2. The first-order valence-corrected chi connectivity index (χ1v) is 7.59. The molecule has 4 heteroatoms. The Hall–Kier alpha value is -1.81. The van der Waals surface area contributed by atoms with Gasteiger partial charge in [0.05, 0.1) is 20.6 Å². The maximum Gasteiger partial charge on any atom is 0.127 e. The van der Waals surface area contributed by atoms with Crippen molar-refractivity contribution in [3.8, 4) is 5.75 Å². The van der Waals surface area contributed by atoms with Crippen LogP contribution in [0.5, 0.6) is 5.75 Å². The molecule has 1 aliphatic rings. The van der Waals surface area contributed by atoms with Gasteiger partial charge in [0.2, 0.25) is 0 Å². The van der Waals surface area contributed by atoms with Crippen LogP contribution in [-0.4, -0.2) is 25.3 Å². The summed E-state index contributed by atoms with van der Waals surface area (Å²) in [4.78, 5) is 0. The normalized spacial score (nSPS) is 15.0. The number of benzene rings is 2. The molecule has 0 radical (unpaired) electrons. The standard InChI is InChI=1S/C19H21NO2.ClH/c1-20(2,21)13-7-11-17-16-9-4-3-8-15(16)14-22-19-12-6-5-10-18(17)19;/h3-6,8-12H,7,13-14H2,1-2H3;1H/b17-11+;. The molecule has 2 aromatic rings. The van der Waals surface area contributed by atoms with E-state index in [0.717, 1.165) is 23.3 Å². The Kier molecular flexibility index (Phi) is 5.47. The van der Waals surface area contributed by atoms with Gasteiger partial charge in [-0.1, -0.05) is 48.5 Å². The van der Waals surface area contributed by atoms with Gasteiger partial charge in [-0.15, -0.1) is 12.4 Å². The minimum atomic E-state index is -0.274. The highest BCUT2D eigenvalue weighted by molar-refractivity contribution is 5.85.